The van der Waals surface area contributed by atoms with Crippen molar-refractivity contribution >= 4 is 21.7 Å². The van der Waals surface area contributed by atoms with Crippen molar-refractivity contribution in [2.45, 2.75) is 31.7 Å². The van der Waals surface area contributed by atoms with Gasteiger partial charge in [0.15, 0.2) is 9.84 Å². The highest BCUT2D eigenvalue weighted by atomic mass is 32.2. The predicted octanol–water partition coefficient (Wildman–Crippen LogP) is 1.32. The van der Waals surface area contributed by atoms with Gasteiger partial charge in [-0.2, -0.15) is 0 Å². The van der Waals surface area contributed by atoms with Crippen LogP contribution in [-0.2, 0) is 14.6 Å². The van der Waals surface area contributed by atoms with Crippen LogP contribution in [0.1, 0.15) is 31.1 Å². The molecular formula is C14H19NO5S. The maximum absolute atomic E-state index is 12.0. The standard InChI is InChI=1S/C14H19NO5S/c1-4-21(19,20)12-7-5-11(6-8-12)13(16)15-10(3)9(2)14(17)18/h5-10H,4H2,1-3H3,(H,15,16)(H,17,18). The lowest BCUT2D eigenvalue weighted by molar-refractivity contribution is -0.141. The van der Waals surface area contributed by atoms with Gasteiger partial charge < -0.3 is 10.4 Å². The molecule has 0 bridgehead atoms. The Morgan fingerprint density at radius 3 is 2.14 bits per heavy atom. The zero-order valence-corrected chi connectivity index (χ0v) is 13.0. The zero-order valence-electron chi connectivity index (χ0n) is 12.2. The highest BCUT2D eigenvalue weighted by Gasteiger charge is 2.21. The first kappa shape index (κ1) is 17.2. The van der Waals surface area contributed by atoms with Gasteiger partial charge in [0.2, 0.25) is 0 Å². The summed E-state index contributed by atoms with van der Waals surface area (Å²) in [6.45, 7) is 4.65. The lowest BCUT2D eigenvalue weighted by atomic mass is 10.0. The number of sulfone groups is 1. The summed E-state index contributed by atoms with van der Waals surface area (Å²) in [6, 6.07) is 5.04. The molecule has 1 aromatic carbocycles. The fraction of sp³-hybridized carbons (Fsp3) is 0.429. The summed E-state index contributed by atoms with van der Waals surface area (Å²) in [6.07, 6.45) is 0. The van der Waals surface area contributed by atoms with Crippen molar-refractivity contribution in [1.29, 1.82) is 0 Å². The number of hydrogen-bond donors (Lipinski definition) is 2. The van der Waals surface area contributed by atoms with E-state index in [4.69, 9.17) is 5.11 Å². The van der Waals surface area contributed by atoms with E-state index in [1.807, 2.05) is 0 Å². The van der Waals surface area contributed by atoms with Crippen LogP contribution in [-0.4, -0.2) is 37.2 Å². The Labute approximate surface area is 124 Å². The first-order valence-corrected chi connectivity index (χ1v) is 8.20. The molecule has 0 aliphatic rings. The predicted molar refractivity (Wildman–Crippen MR) is 77.9 cm³/mol. The normalized spacial score (nSPS) is 14.2. The number of amides is 1. The summed E-state index contributed by atoms with van der Waals surface area (Å²) < 4.78 is 23.3. The number of carbonyl (C=O) groups excluding carboxylic acids is 1. The average Bonchev–Trinajstić information content (AvgIpc) is 2.46. The lowest BCUT2D eigenvalue weighted by Crippen LogP contribution is -2.40. The molecule has 2 unspecified atom stereocenters. The SMILES string of the molecule is CCS(=O)(=O)c1ccc(C(=O)NC(C)C(C)C(=O)O)cc1. The summed E-state index contributed by atoms with van der Waals surface area (Å²) in [7, 11) is -3.30. The molecule has 0 aliphatic carbocycles. The molecule has 0 heterocycles. The largest absolute Gasteiger partial charge is 0.481 e. The Balaban J connectivity index is 2.83. The van der Waals surface area contributed by atoms with Gasteiger partial charge in [-0.25, -0.2) is 8.42 Å². The molecular weight excluding hydrogens is 294 g/mol. The zero-order chi connectivity index (χ0) is 16.2. The minimum absolute atomic E-state index is 0.00823. The fourth-order valence-corrected chi connectivity index (χ4v) is 2.49. The summed E-state index contributed by atoms with van der Waals surface area (Å²) >= 11 is 0. The minimum atomic E-state index is -3.30. The van der Waals surface area contributed by atoms with Crippen LogP contribution in [0.15, 0.2) is 29.2 Å². The quantitative estimate of drug-likeness (QED) is 0.825. The molecule has 0 fully saturated rings. The smallest absolute Gasteiger partial charge is 0.308 e. The van der Waals surface area contributed by atoms with Crippen molar-refractivity contribution < 1.29 is 23.1 Å². The lowest BCUT2D eigenvalue weighted by Gasteiger charge is -2.17. The van der Waals surface area contributed by atoms with E-state index >= 15 is 0 Å². The molecule has 0 aliphatic heterocycles. The summed E-state index contributed by atoms with van der Waals surface area (Å²) in [5, 5.41) is 11.5. The monoisotopic (exact) mass is 313 g/mol. The molecule has 0 radical (unpaired) electrons. The van der Waals surface area contributed by atoms with Gasteiger partial charge in [0.25, 0.3) is 5.91 Å². The highest BCUT2D eigenvalue weighted by Crippen LogP contribution is 2.13. The topological polar surface area (TPSA) is 101 Å². The van der Waals surface area contributed by atoms with Gasteiger partial charge in [-0.05, 0) is 38.1 Å². The Morgan fingerprint density at radius 2 is 1.71 bits per heavy atom. The van der Waals surface area contributed by atoms with Gasteiger partial charge in [-0.3, -0.25) is 9.59 Å². The van der Waals surface area contributed by atoms with Gasteiger partial charge in [0.1, 0.15) is 0 Å². The number of aliphatic carboxylic acids is 1. The second-order valence-corrected chi connectivity index (χ2v) is 7.10. The number of rotatable bonds is 6. The molecule has 1 aromatic rings. The van der Waals surface area contributed by atoms with E-state index in [-0.39, 0.29) is 16.2 Å². The second kappa shape index (κ2) is 6.71. The molecule has 21 heavy (non-hydrogen) atoms. The molecule has 6 nitrogen and oxygen atoms in total. The van der Waals surface area contributed by atoms with Gasteiger partial charge in [-0.1, -0.05) is 6.92 Å². The van der Waals surface area contributed by atoms with Crippen molar-refractivity contribution in [2.24, 2.45) is 5.92 Å². The van der Waals surface area contributed by atoms with E-state index in [0.717, 1.165) is 0 Å². The third kappa shape index (κ3) is 4.29. The number of nitrogens with one attached hydrogen (secondary N) is 1. The van der Waals surface area contributed by atoms with Crippen molar-refractivity contribution in [3.05, 3.63) is 29.8 Å². The van der Waals surface area contributed by atoms with Gasteiger partial charge in [0, 0.05) is 11.6 Å². The van der Waals surface area contributed by atoms with Crippen LogP contribution in [0.4, 0.5) is 0 Å². The van der Waals surface area contributed by atoms with Crippen molar-refractivity contribution in [3.8, 4) is 0 Å². The van der Waals surface area contributed by atoms with Gasteiger partial charge in [0.05, 0.1) is 16.6 Å². The molecule has 2 atom stereocenters. The maximum atomic E-state index is 12.0. The van der Waals surface area contributed by atoms with Crippen LogP contribution < -0.4 is 5.32 Å². The molecule has 1 amide bonds. The molecule has 7 heteroatoms. The second-order valence-electron chi connectivity index (χ2n) is 4.82. The summed E-state index contributed by atoms with van der Waals surface area (Å²) in [5.74, 6) is -2.15. The molecule has 0 saturated heterocycles. The van der Waals surface area contributed by atoms with Gasteiger partial charge >= 0.3 is 5.97 Å². The third-order valence-corrected chi connectivity index (χ3v) is 5.10. The number of carboxylic acid groups (broad SMARTS) is 1. The molecule has 0 aromatic heterocycles. The third-order valence-electron chi connectivity index (χ3n) is 3.35. The summed E-state index contributed by atoms with van der Waals surface area (Å²) in [5.41, 5.74) is 0.287. The number of carboxylic acids is 1. The molecule has 0 saturated carbocycles. The van der Waals surface area contributed by atoms with Crippen LogP contribution in [0.5, 0.6) is 0 Å². The van der Waals surface area contributed by atoms with Crippen LogP contribution in [0.25, 0.3) is 0 Å². The van der Waals surface area contributed by atoms with Crippen molar-refractivity contribution in [1.82, 2.24) is 5.32 Å². The molecule has 116 valence electrons. The first-order valence-electron chi connectivity index (χ1n) is 6.55. The Bertz CT molecular complexity index is 621. The number of benzene rings is 1. The van der Waals surface area contributed by atoms with Crippen molar-refractivity contribution in [3.63, 3.8) is 0 Å². The van der Waals surface area contributed by atoms with Crippen LogP contribution in [0.3, 0.4) is 0 Å². The van der Waals surface area contributed by atoms with E-state index < -0.39 is 33.7 Å². The van der Waals surface area contributed by atoms with E-state index in [1.165, 1.54) is 31.2 Å². The van der Waals surface area contributed by atoms with E-state index in [1.54, 1.807) is 13.8 Å². The number of carbonyl (C=O) groups is 2. The van der Waals surface area contributed by atoms with Crippen LogP contribution in [0, 0.1) is 5.92 Å². The van der Waals surface area contributed by atoms with E-state index in [9.17, 15) is 18.0 Å². The Hall–Kier alpha value is -1.89. The Kier molecular flexibility index (Phi) is 5.48. The minimum Gasteiger partial charge on any atom is -0.481 e. The first-order chi connectivity index (χ1) is 9.69. The van der Waals surface area contributed by atoms with Gasteiger partial charge in [-0.15, -0.1) is 0 Å². The van der Waals surface area contributed by atoms with Crippen LogP contribution >= 0.6 is 0 Å². The molecule has 0 spiro atoms. The fourth-order valence-electron chi connectivity index (χ4n) is 1.61. The average molecular weight is 313 g/mol. The Morgan fingerprint density at radius 1 is 1.19 bits per heavy atom. The number of hydrogen-bond acceptors (Lipinski definition) is 4. The molecule has 1 rings (SSSR count). The maximum Gasteiger partial charge on any atom is 0.308 e. The molecule has 2 N–H and O–H groups in total. The van der Waals surface area contributed by atoms with E-state index in [0.29, 0.717) is 0 Å². The van der Waals surface area contributed by atoms with Crippen molar-refractivity contribution in [2.75, 3.05) is 5.75 Å². The highest BCUT2D eigenvalue weighted by molar-refractivity contribution is 7.91. The van der Waals surface area contributed by atoms with Crippen LogP contribution in [0.2, 0.25) is 0 Å². The summed E-state index contributed by atoms with van der Waals surface area (Å²) in [4.78, 5) is 22.9. The van der Waals surface area contributed by atoms with E-state index in [2.05, 4.69) is 5.32 Å².